The highest BCUT2D eigenvalue weighted by molar-refractivity contribution is 6.03. The molecule has 1 N–H and O–H groups in total. The van der Waals surface area contributed by atoms with Crippen LogP contribution < -0.4 is 10.2 Å². The molecule has 0 unspecified atom stereocenters. The zero-order chi connectivity index (χ0) is 19.9. The molecule has 1 amide bonds. The minimum atomic E-state index is -0.219. The molecule has 0 bridgehead atoms. The van der Waals surface area contributed by atoms with Crippen molar-refractivity contribution >= 4 is 17.5 Å². The molecule has 3 rings (SSSR count). The molecule has 0 aliphatic heterocycles. The second-order valence-electron chi connectivity index (χ2n) is 7.03. The second-order valence-corrected chi connectivity index (χ2v) is 7.03. The fraction of sp³-hybridized carbons (Fsp3) is 0.273. The Kier molecular flexibility index (Phi) is 6.32. The first kappa shape index (κ1) is 19.5. The molecular weight excluding hydrogens is 350 g/mol. The molecule has 0 atom stereocenters. The predicted molar refractivity (Wildman–Crippen MR) is 112 cm³/mol. The summed E-state index contributed by atoms with van der Waals surface area (Å²) in [6, 6.07) is 11.9. The third-order valence-corrected chi connectivity index (χ3v) is 4.56. The van der Waals surface area contributed by atoms with Crippen LogP contribution in [0.1, 0.15) is 41.3 Å². The Balaban J connectivity index is 1.57. The van der Waals surface area contributed by atoms with Crippen molar-refractivity contribution < 1.29 is 4.79 Å². The molecule has 6 nitrogen and oxygen atoms in total. The van der Waals surface area contributed by atoms with E-state index in [1.54, 1.807) is 24.8 Å². The topological polar surface area (TPSA) is 71.0 Å². The molecule has 2 heterocycles. The average molecular weight is 375 g/mol. The Bertz CT molecular complexity index is 892. The first-order valence-electron chi connectivity index (χ1n) is 9.36. The first-order chi connectivity index (χ1) is 13.5. The van der Waals surface area contributed by atoms with Crippen molar-refractivity contribution in [1.82, 2.24) is 15.0 Å². The molecule has 28 heavy (non-hydrogen) atoms. The van der Waals surface area contributed by atoms with Crippen LogP contribution in [-0.2, 0) is 6.42 Å². The van der Waals surface area contributed by atoms with Gasteiger partial charge in [0.15, 0.2) is 0 Å². The smallest absolute Gasteiger partial charge is 0.258 e. The van der Waals surface area contributed by atoms with Crippen LogP contribution in [0.15, 0.2) is 61.2 Å². The number of benzene rings is 1. The van der Waals surface area contributed by atoms with E-state index in [0.717, 1.165) is 18.7 Å². The van der Waals surface area contributed by atoms with Gasteiger partial charge in [0.05, 0.1) is 5.56 Å². The summed E-state index contributed by atoms with van der Waals surface area (Å²) in [5.74, 6) is 0.830. The lowest BCUT2D eigenvalue weighted by molar-refractivity contribution is 0.102. The number of anilines is 2. The lowest BCUT2D eigenvalue weighted by Crippen LogP contribution is -2.23. The number of hydrogen-bond acceptors (Lipinski definition) is 5. The molecule has 3 aromatic rings. The highest BCUT2D eigenvalue weighted by Gasteiger charge is 2.10. The Hall–Kier alpha value is -3.28. The van der Waals surface area contributed by atoms with Crippen molar-refractivity contribution in [1.29, 1.82) is 0 Å². The van der Waals surface area contributed by atoms with Gasteiger partial charge >= 0.3 is 0 Å². The standard InChI is InChI=1S/C22H25N5O/c1-16(2)18-4-6-20(7-5-18)26-21(28)19-14-24-22(25-15-19)27(3)13-10-17-8-11-23-12-9-17/h4-9,11-12,14-16H,10,13H2,1-3H3,(H,26,28). The molecule has 0 aliphatic rings. The van der Waals surface area contributed by atoms with E-state index in [9.17, 15) is 4.79 Å². The number of rotatable bonds is 7. The Morgan fingerprint density at radius 2 is 1.68 bits per heavy atom. The number of aromatic nitrogens is 3. The van der Waals surface area contributed by atoms with Gasteiger partial charge in [-0.1, -0.05) is 26.0 Å². The van der Waals surface area contributed by atoms with E-state index in [4.69, 9.17) is 0 Å². The van der Waals surface area contributed by atoms with Crippen LogP contribution >= 0.6 is 0 Å². The number of amides is 1. The van der Waals surface area contributed by atoms with Crippen LogP contribution in [0.2, 0.25) is 0 Å². The van der Waals surface area contributed by atoms with Gasteiger partial charge in [-0.2, -0.15) is 0 Å². The average Bonchev–Trinajstić information content (AvgIpc) is 2.73. The van der Waals surface area contributed by atoms with E-state index >= 15 is 0 Å². The summed E-state index contributed by atoms with van der Waals surface area (Å²) >= 11 is 0. The fourth-order valence-electron chi connectivity index (χ4n) is 2.74. The summed E-state index contributed by atoms with van der Waals surface area (Å²) in [5.41, 5.74) is 3.63. The predicted octanol–water partition coefficient (Wildman–Crippen LogP) is 3.93. The number of hydrogen-bond donors (Lipinski definition) is 1. The summed E-state index contributed by atoms with van der Waals surface area (Å²) in [6.45, 7) is 5.05. The van der Waals surface area contributed by atoms with Crippen molar-refractivity contribution in [2.24, 2.45) is 0 Å². The third kappa shape index (κ3) is 5.13. The molecule has 0 saturated carbocycles. The molecule has 144 valence electrons. The summed E-state index contributed by atoms with van der Waals surface area (Å²) in [6.07, 6.45) is 7.56. The van der Waals surface area contributed by atoms with Crippen LogP contribution in [0, 0.1) is 0 Å². The van der Waals surface area contributed by atoms with Crippen LogP contribution in [0.4, 0.5) is 11.6 Å². The van der Waals surface area contributed by atoms with Gasteiger partial charge in [-0.25, -0.2) is 9.97 Å². The number of pyridine rings is 1. The quantitative estimate of drug-likeness (QED) is 0.678. The minimum absolute atomic E-state index is 0.219. The SMILES string of the molecule is CC(C)c1ccc(NC(=O)c2cnc(N(C)CCc3ccncc3)nc2)cc1. The van der Waals surface area contributed by atoms with Crippen molar-refractivity contribution in [2.75, 3.05) is 23.8 Å². The molecule has 0 aliphatic carbocycles. The van der Waals surface area contributed by atoms with E-state index < -0.39 is 0 Å². The van der Waals surface area contributed by atoms with Gasteiger partial charge in [0.2, 0.25) is 5.95 Å². The largest absolute Gasteiger partial charge is 0.344 e. The number of carbonyl (C=O) groups excluding carboxylic acids is 1. The normalized spacial score (nSPS) is 10.7. The summed E-state index contributed by atoms with van der Waals surface area (Å²) in [4.78, 5) is 27.1. The van der Waals surface area contributed by atoms with Crippen molar-refractivity contribution in [3.63, 3.8) is 0 Å². The number of nitrogens with one attached hydrogen (secondary N) is 1. The van der Waals surface area contributed by atoms with E-state index in [1.165, 1.54) is 11.1 Å². The maximum Gasteiger partial charge on any atom is 0.258 e. The minimum Gasteiger partial charge on any atom is -0.344 e. The molecule has 2 aromatic heterocycles. The van der Waals surface area contributed by atoms with Gasteiger partial charge in [-0.05, 0) is 47.7 Å². The highest BCUT2D eigenvalue weighted by Crippen LogP contribution is 2.17. The van der Waals surface area contributed by atoms with E-state index in [-0.39, 0.29) is 5.91 Å². The van der Waals surface area contributed by atoms with Crippen molar-refractivity contribution in [2.45, 2.75) is 26.2 Å². The Morgan fingerprint density at radius 3 is 2.29 bits per heavy atom. The first-order valence-corrected chi connectivity index (χ1v) is 9.36. The molecular formula is C22H25N5O. The van der Waals surface area contributed by atoms with Crippen LogP contribution in [0.25, 0.3) is 0 Å². The molecule has 0 fully saturated rings. The maximum atomic E-state index is 12.4. The van der Waals surface area contributed by atoms with Crippen LogP contribution in [0.5, 0.6) is 0 Å². The number of likely N-dealkylation sites (N-methyl/N-ethyl adjacent to an activating group) is 1. The fourth-order valence-corrected chi connectivity index (χ4v) is 2.74. The molecule has 0 saturated heterocycles. The second kappa shape index (κ2) is 9.08. The molecule has 0 spiro atoms. The van der Waals surface area contributed by atoms with E-state index in [1.807, 2.05) is 48.3 Å². The van der Waals surface area contributed by atoms with Crippen molar-refractivity contribution in [3.8, 4) is 0 Å². The summed E-state index contributed by atoms with van der Waals surface area (Å²) in [7, 11) is 1.94. The number of nitrogens with zero attached hydrogens (tertiary/aromatic N) is 4. The zero-order valence-corrected chi connectivity index (χ0v) is 16.5. The van der Waals surface area contributed by atoms with Crippen LogP contribution in [0.3, 0.4) is 0 Å². The van der Waals surface area contributed by atoms with Gasteiger partial charge < -0.3 is 10.2 Å². The van der Waals surface area contributed by atoms with Gasteiger partial charge in [0.1, 0.15) is 0 Å². The van der Waals surface area contributed by atoms with Gasteiger partial charge in [-0.3, -0.25) is 9.78 Å². The summed E-state index contributed by atoms with van der Waals surface area (Å²) < 4.78 is 0. The maximum absolute atomic E-state index is 12.4. The molecule has 1 aromatic carbocycles. The van der Waals surface area contributed by atoms with E-state index in [2.05, 4.69) is 34.1 Å². The van der Waals surface area contributed by atoms with Gasteiger partial charge in [0.25, 0.3) is 5.91 Å². The highest BCUT2D eigenvalue weighted by atomic mass is 16.1. The summed E-state index contributed by atoms with van der Waals surface area (Å²) in [5, 5.41) is 2.88. The van der Waals surface area contributed by atoms with Crippen molar-refractivity contribution in [3.05, 3.63) is 77.9 Å². The lowest BCUT2D eigenvalue weighted by atomic mass is 10.0. The number of carbonyl (C=O) groups is 1. The Labute approximate surface area is 165 Å². The van der Waals surface area contributed by atoms with Crippen LogP contribution in [-0.4, -0.2) is 34.5 Å². The monoisotopic (exact) mass is 375 g/mol. The third-order valence-electron chi connectivity index (χ3n) is 4.56. The Morgan fingerprint density at radius 1 is 1.04 bits per heavy atom. The van der Waals surface area contributed by atoms with E-state index in [0.29, 0.717) is 17.4 Å². The molecule has 0 radical (unpaired) electrons. The lowest BCUT2D eigenvalue weighted by Gasteiger charge is -2.17. The molecule has 6 heteroatoms. The van der Waals surface area contributed by atoms with Gasteiger partial charge in [-0.15, -0.1) is 0 Å². The van der Waals surface area contributed by atoms with Gasteiger partial charge in [0, 0.05) is 44.1 Å². The zero-order valence-electron chi connectivity index (χ0n) is 16.5.